The molecule has 0 radical (unpaired) electrons. The number of rotatable bonds is 0. The van der Waals surface area contributed by atoms with Gasteiger partial charge in [0.1, 0.15) is 0 Å². The number of hydrogen-bond donors (Lipinski definition) is 1. The van der Waals surface area contributed by atoms with Gasteiger partial charge in [-0.25, -0.2) is 0 Å². The molecule has 0 aromatic heterocycles. The summed E-state index contributed by atoms with van der Waals surface area (Å²) in [5.74, 6) is 0.628. The standard InChI is InChI=1S/C9H19NO.ClH/c1-7-5-8(11)9(2,3)10(4)6-7;/h7-8,11H,5-6H2,1-4H3;1H. The lowest BCUT2D eigenvalue weighted by atomic mass is 9.83. The Kier molecular flexibility index (Phi) is 4.01. The summed E-state index contributed by atoms with van der Waals surface area (Å²) < 4.78 is 0. The highest BCUT2D eigenvalue weighted by molar-refractivity contribution is 5.85. The topological polar surface area (TPSA) is 23.5 Å². The van der Waals surface area contributed by atoms with E-state index in [4.69, 9.17) is 0 Å². The van der Waals surface area contributed by atoms with Crippen LogP contribution in [-0.2, 0) is 0 Å². The van der Waals surface area contributed by atoms with Gasteiger partial charge in [-0.2, -0.15) is 0 Å². The first-order valence-electron chi connectivity index (χ1n) is 4.34. The summed E-state index contributed by atoms with van der Waals surface area (Å²) in [7, 11) is 2.08. The van der Waals surface area contributed by atoms with E-state index in [2.05, 4.69) is 32.7 Å². The summed E-state index contributed by atoms with van der Waals surface area (Å²) in [5, 5.41) is 9.74. The van der Waals surface area contributed by atoms with Gasteiger partial charge in [0.2, 0.25) is 0 Å². The van der Waals surface area contributed by atoms with E-state index in [1.54, 1.807) is 0 Å². The van der Waals surface area contributed by atoms with Gasteiger partial charge in [0.05, 0.1) is 6.10 Å². The maximum atomic E-state index is 9.74. The van der Waals surface area contributed by atoms with Crippen LogP contribution in [0.4, 0.5) is 0 Å². The molecule has 1 heterocycles. The number of piperidine rings is 1. The van der Waals surface area contributed by atoms with Crippen molar-refractivity contribution in [1.82, 2.24) is 4.90 Å². The average Bonchev–Trinajstić information content (AvgIpc) is 1.84. The molecule has 1 N–H and O–H groups in total. The fourth-order valence-electron chi connectivity index (χ4n) is 1.70. The molecule has 1 aliphatic heterocycles. The second-order valence-corrected chi connectivity index (χ2v) is 4.39. The quantitative estimate of drug-likeness (QED) is 0.631. The highest BCUT2D eigenvalue weighted by Crippen LogP contribution is 2.28. The minimum Gasteiger partial charge on any atom is -0.391 e. The third-order valence-electron chi connectivity index (χ3n) is 3.01. The number of hydrogen-bond acceptors (Lipinski definition) is 2. The van der Waals surface area contributed by atoms with Crippen LogP contribution in [0.5, 0.6) is 0 Å². The fraction of sp³-hybridized carbons (Fsp3) is 1.00. The molecule has 0 amide bonds. The molecule has 1 aliphatic rings. The van der Waals surface area contributed by atoms with E-state index in [0.29, 0.717) is 5.92 Å². The Bertz CT molecular complexity index is 135. The van der Waals surface area contributed by atoms with Crippen LogP contribution in [0, 0.1) is 5.92 Å². The molecule has 0 aliphatic carbocycles. The lowest BCUT2D eigenvalue weighted by Gasteiger charge is -2.46. The third-order valence-corrected chi connectivity index (χ3v) is 3.01. The Labute approximate surface area is 81.4 Å². The van der Waals surface area contributed by atoms with Gasteiger partial charge in [-0.3, -0.25) is 4.90 Å². The largest absolute Gasteiger partial charge is 0.391 e. The Morgan fingerprint density at radius 3 is 2.33 bits per heavy atom. The van der Waals surface area contributed by atoms with Crippen LogP contribution in [0.1, 0.15) is 27.2 Å². The SMILES string of the molecule is CC1CC(O)C(C)(C)N(C)C1.Cl. The molecule has 0 saturated carbocycles. The lowest BCUT2D eigenvalue weighted by Crippen LogP contribution is -2.56. The first-order valence-corrected chi connectivity index (χ1v) is 4.34. The van der Waals surface area contributed by atoms with Gasteiger partial charge < -0.3 is 5.11 Å². The van der Waals surface area contributed by atoms with Crippen molar-refractivity contribution >= 4 is 12.4 Å². The molecule has 3 heteroatoms. The summed E-state index contributed by atoms with van der Waals surface area (Å²) in [6.07, 6.45) is 0.772. The average molecular weight is 194 g/mol. The van der Waals surface area contributed by atoms with Crippen molar-refractivity contribution in [1.29, 1.82) is 0 Å². The summed E-state index contributed by atoms with van der Waals surface area (Å²) in [5.41, 5.74) is -0.0352. The highest BCUT2D eigenvalue weighted by atomic mass is 35.5. The maximum absolute atomic E-state index is 9.74. The van der Waals surface area contributed by atoms with E-state index >= 15 is 0 Å². The van der Waals surface area contributed by atoms with Crippen LogP contribution in [-0.4, -0.2) is 35.2 Å². The van der Waals surface area contributed by atoms with E-state index in [1.165, 1.54) is 0 Å². The van der Waals surface area contributed by atoms with E-state index in [1.807, 2.05) is 0 Å². The van der Waals surface area contributed by atoms with Crippen molar-refractivity contribution in [2.24, 2.45) is 5.92 Å². The second kappa shape index (κ2) is 3.95. The van der Waals surface area contributed by atoms with E-state index in [0.717, 1.165) is 13.0 Å². The second-order valence-electron chi connectivity index (χ2n) is 4.39. The number of likely N-dealkylation sites (N-methyl/N-ethyl adjacent to an activating group) is 1. The van der Waals surface area contributed by atoms with Gasteiger partial charge >= 0.3 is 0 Å². The molecule has 0 aromatic rings. The summed E-state index contributed by atoms with van der Waals surface area (Å²) in [6.45, 7) is 7.49. The van der Waals surface area contributed by atoms with Gasteiger partial charge in [0.25, 0.3) is 0 Å². The van der Waals surface area contributed by atoms with Crippen molar-refractivity contribution < 1.29 is 5.11 Å². The minimum absolute atomic E-state index is 0. The molecule has 1 fully saturated rings. The predicted octanol–water partition coefficient (Wildman–Crippen LogP) is 1.52. The minimum atomic E-state index is -0.170. The van der Waals surface area contributed by atoms with Crippen LogP contribution in [0.15, 0.2) is 0 Å². The first kappa shape index (κ1) is 12.2. The van der Waals surface area contributed by atoms with Crippen molar-refractivity contribution in [3.8, 4) is 0 Å². The van der Waals surface area contributed by atoms with Gasteiger partial charge in [0.15, 0.2) is 0 Å². The molecule has 2 nitrogen and oxygen atoms in total. The monoisotopic (exact) mass is 193 g/mol. The number of aliphatic hydroxyl groups excluding tert-OH is 1. The summed E-state index contributed by atoms with van der Waals surface area (Å²) in [6, 6.07) is 0. The molecule has 1 saturated heterocycles. The molecule has 2 atom stereocenters. The molecular weight excluding hydrogens is 174 g/mol. The Morgan fingerprint density at radius 1 is 1.42 bits per heavy atom. The molecule has 0 bridgehead atoms. The van der Waals surface area contributed by atoms with Crippen LogP contribution >= 0.6 is 12.4 Å². The summed E-state index contributed by atoms with van der Waals surface area (Å²) >= 11 is 0. The van der Waals surface area contributed by atoms with Crippen LogP contribution in [0.2, 0.25) is 0 Å². The van der Waals surface area contributed by atoms with Crippen LogP contribution < -0.4 is 0 Å². The Morgan fingerprint density at radius 2 is 1.92 bits per heavy atom. The van der Waals surface area contributed by atoms with Crippen molar-refractivity contribution in [3.63, 3.8) is 0 Å². The van der Waals surface area contributed by atoms with E-state index in [-0.39, 0.29) is 24.0 Å². The fourth-order valence-corrected chi connectivity index (χ4v) is 1.70. The molecular formula is C9H20ClNO. The number of nitrogens with zero attached hydrogens (tertiary/aromatic N) is 1. The molecule has 2 unspecified atom stereocenters. The zero-order valence-electron chi connectivity index (χ0n) is 8.37. The Hall–Kier alpha value is 0.210. The van der Waals surface area contributed by atoms with Crippen LogP contribution in [0.25, 0.3) is 0 Å². The smallest absolute Gasteiger partial charge is 0.0721 e. The van der Waals surface area contributed by atoms with Crippen molar-refractivity contribution in [2.45, 2.75) is 38.8 Å². The molecule has 74 valence electrons. The van der Waals surface area contributed by atoms with Crippen molar-refractivity contribution in [2.75, 3.05) is 13.6 Å². The maximum Gasteiger partial charge on any atom is 0.0721 e. The third kappa shape index (κ3) is 2.12. The normalized spacial score (nSPS) is 35.8. The van der Waals surface area contributed by atoms with Crippen molar-refractivity contribution in [3.05, 3.63) is 0 Å². The molecule has 1 rings (SSSR count). The Balaban J connectivity index is 0.00000121. The molecule has 0 spiro atoms. The molecule has 12 heavy (non-hydrogen) atoms. The number of halogens is 1. The summed E-state index contributed by atoms with van der Waals surface area (Å²) in [4.78, 5) is 2.24. The van der Waals surface area contributed by atoms with Gasteiger partial charge in [-0.05, 0) is 33.2 Å². The molecule has 0 aromatic carbocycles. The number of likely N-dealkylation sites (tertiary alicyclic amines) is 1. The van der Waals surface area contributed by atoms with Gasteiger partial charge in [-0.1, -0.05) is 6.92 Å². The van der Waals surface area contributed by atoms with E-state index in [9.17, 15) is 5.11 Å². The van der Waals surface area contributed by atoms with E-state index < -0.39 is 0 Å². The zero-order chi connectivity index (χ0) is 8.65. The number of aliphatic hydroxyl groups is 1. The first-order chi connectivity index (χ1) is 4.94. The predicted molar refractivity (Wildman–Crippen MR) is 53.7 cm³/mol. The van der Waals surface area contributed by atoms with Gasteiger partial charge in [0, 0.05) is 12.1 Å². The van der Waals surface area contributed by atoms with Gasteiger partial charge in [-0.15, -0.1) is 12.4 Å². The highest BCUT2D eigenvalue weighted by Gasteiger charge is 2.37. The zero-order valence-corrected chi connectivity index (χ0v) is 9.19. The van der Waals surface area contributed by atoms with Crippen LogP contribution in [0.3, 0.4) is 0 Å². The lowest BCUT2D eigenvalue weighted by molar-refractivity contribution is -0.0488.